The zero-order valence-electron chi connectivity index (χ0n) is 7.72. The van der Waals surface area contributed by atoms with Crippen LogP contribution >= 0.6 is 0 Å². The summed E-state index contributed by atoms with van der Waals surface area (Å²) in [5.41, 5.74) is 1.16. The third kappa shape index (κ3) is 1.77. The number of benzene rings is 1. The van der Waals surface area contributed by atoms with Gasteiger partial charge in [0.15, 0.2) is 6.10 Å². The van der Waals surface area contributed by atoms with Crippen LogP contribution in [0.15, 0.2) is 30.3 Å². The zero-order chi connectivity index (χ0) is 9.97. The summed E-state index contributed by atoms with van der Waals surface area (Å²) < 4.78 is 5.18. The molecule has 0 amide bonds. The van der Waals surface area contributed by atoms with Gasteiger partial charge in [-0.3, -0.25) is 0 Å². The van der Waals surface area contributed by atoms with Crippen molar-refractivity contribution in [3.63, 3.8) is 0 Å². The van der Waals surface area contributed by atoms with Crippen molar-refractivity contribution in [3.8, 4) is 0 Å². The van der Waals surface area contributed by atoms with E-state index in [0.717, 1.165) is 5.56 Å². The Bertz CT molecular complexity index is 321. The minimum atomic E-state index is -0.858. The molecular weight excluding hydrogens is 180 g/mol. The van der Waals surface area contributed by atoms with Gasteiger partial charge < -0.3 is 9.84 Å². The molecule has 1 aromatic carbocycles. The largest absolute Gasteiger partial charge is 0.479 e. The van der Waals surface area contributed by atoms with Crippen molar-refractivity contribution < 1.29 is 14.6 Å². The van der Waals surface area contributed by atoms with Crippen LogP contribution < -0.4 is 0 Å². The van der Waals surface area contributed by atoms with E-state index in [1.807, 2.05) is 30.3 Å². The van der Waals surface area contributed by atoms with Gasteiger partial charge in [0, 0.05) is 5.92 Å². The topological polar surface area (TPSA) is 46.5 Å². The number of ether oxygens (including phenoxy) is 1. The molecule has 0 bridgehead atoms. The average molecular weight is 192 g/mol. The summed E-state index contributed by atoms with van der Waals surface area (Å²) in [6.07, 6.45) is -0.0421. The summed E-state index contributed by atoms with van der Waals surface area (Å²) in [4.78, 5) is 10.7. The molecule has 2 atom stereocenters. The Balaban J connectivity index is 2.06. The molecule has 0 aliphatic carbocycles. The van der Waals surface area contributed by atoms with E-state index in [9.17, 15) is 4.79 Å². The second-order valence-corrected chi connectivity index (χ2v) is 3.50. The Hall–Kier alpha value is -1.35. The molecule has 0 spiro atoms. The maximum atomic E-state index is 10.7. The van der Waals surface area contributed by atoms with E-state index in [-0.39, 0.29) is 5.92 Å². The third-order valence-corrected chi connectivity index (χ3v) is 2.54. The first-order valence-electron chi connectivity index (χ1n) is 4.66. The van der Waals surface area contributed by atoms with Crippen molar-refractivity contribution >= 4 is 5.97 Å². The lowest BCUT2D eigenvalue weighted by molar-refractivity contribution is -0.147. The molecule has 14 heavy (non-hydrogen) atoms. The molecule has 3 nitrogen and oxygen atoms in total. The summed E-state index contributed by atoms with van der Waals surface area (Å²) >= 11 is 0. The molecule has 2 rings (SSSR count). The molecule has 1 aliphatic rings. The standard InChI is InChI=1S/C11H12O3/c12-11(13)10-6-9(7-14-10)8-4-2-1-3-5-8/h1-5,9-10H,6-7H2,(H,12,13)/t9-,10+/m1/s1. The zero-order valence-corrected chi connectivity index (χ0v) is 7.72. The maximum absolute atomic E-state index is 10.7. The molecule has 1 aliphatic heterocycles. The van der Waals surface area contributed by atoms with Crippen LogP contribution in [-0.4, -0.2) is 23.8 Å². The van der Waals surface area contributed by atoms with Crippen LogP contribution in [0.4, 0.5) is 0 Å². The summed E-state index contributed by atoms with van der Waals surface area (Å²) in [7, 11) is 0. The van der Waals surface area contributed by atoms with E-state index in [4.69, 9.17) is 9.84 Å². The Morgan fingerprint density at radius 1 is 1.36 bits per heavy atom. The quantitative estimate of drug-likeness (QED) is 0.774. The van der Waals surface area contributed by atoms with Gasteiger partial charge in [-0.2, -0.15) is 0 Å². The molecule has 1 fully saturated rings. The minimum absolute atomic E-state index is 0.234. The first-order valence-corrected chi connectivity index (χ1v) is 4.66. The Morgan fingerprint density at radius 3 is 2.64 bits per heavy atom. The number of aliphatic carboxylic acids is 1. The number of carboxylic acid groups (broad SMARTS) is 1. The van der Waals surface area contributed by atoms with Gasteiger partial charge in [-0.25, -0.2) is 4.79 Å². The molecule has 1 aromatic rings. The molecule has 1 saturated heterocycles. The molecule has 1 heterocycles. The molecule has 0 radical (unpaired) electrons. The van der Waals surface area contributed by atoms with Gasteiger partial charge in [0.05, 0.1) is 6.61 Å². The fourth-order valence-electron chi connectivity index (χ4n) is 1.76. The molecule has 0 aromatic heterocycles. The van der Waals surface area contributed by atoms with E-state index in [1.54, 1.807) is 0 Å². The number of carboxylic acids is 1. The monoisotopic (exact) mass is 192 g/mol. The molecule has 0 saturated carbocycles. The van der Waals surface area contributed by atoms with Crippen LogP contribution in [0.1, 0.15) is 17.9 Å². The van der Waals surface area contributed by atoms with Crippen LogP contribution in [0.3, 0.4) is 0 Å². The fourth-order valence-corrected chi connectivity index (χ4v) is 1.76. The highest BCUT2D eigenvalue weighted by Crippen LogP contribution is 2.29. The van der Waals surface area contributed by atoms with Gasteiger partial charge in [-0.1, -0.05) is 30.3 Å². The first kappa shape index (κ1) is 9.21. The van der Waals surface area contributed by atoms with Gasteiger partial charge >= 0.3 is 5.97 Å². The van der Waals surface area contributed by atoms with Crippen LogP contribution in [0.2, 0.25) is 0 Å². The lowest BCUT2D eigenvalue weighted by Crippen LogP contribution is -2.17. The summed E-state index contributed by atoms with van der Waals surface area (Å²) in [5.74, 6) is -0.624. The van der Waals surface area contributed by atoms with Crippen LogP contribution in [0.25, 0.3) is 0 Å². The molecule has 1 N–H and O–H groups in total. The molecule has 0 unspecified atom stereocenters. The van der Waals surface area contributed by atoms with Crippen molar-refractivity contribution in [1.82, 2.24) is 0 Å². The predicted molar refractivity (Wildman–Crippen MR) is 51.2 cm³/mol. The van der Waals surface area contributed by atoms with Gasteiger partial charge in [0.25, 0.3) is 0 Å². The van der Waals surface area contributed by atoms with Crippen molar-refractivity contribution in [3.05, 3.63) is 35.9 Å². The van der Waals surface area contributed by atoms with E-state index >= 15 is 0 Å². The highest BCUT2D eigenvalue weighted by molar-refractivity contribution is 5.72. The summed E-state index contributed by atoms with van der Waals surface area (Å²) in [6, 6.07) is 9.90. The molecule has 74 valence electrons. The van der Waals surface area contributed by atoms with E-state index < -0.39 is 12.1 Å². The smallest absolute Gasteiger partial charge is 0.332 e. The maximum Gasteiger partial charge on any atom is 0.332 e. The van der Waals surface area contributed by atoms with Gasteiger partial charge in [-0.05, 0) is 12.0 Å². The number of carbonyl (C=O) groups is 1. The number of rotatable bonds is 2. The van der Waals surface area contributed by atoms with E-state index in [2.05, 4.69) is 0 Å². The second-order valence-electron chi connectivity index (χ2n) is 3.50. The van der Waals surface area contributed by atoms with Crippen molar-refractivity contribution in [1.29, 1.82) is 0 Å². The van der Waals surface area contributed by atoms with E-state index in [1.165, 1.54) is 0 Å². The van der Waals surface area contributed by atoms with Crippen LogP contribution in [-0.2, 0) is 9.53 Å². The Morgan fingerprint density at radius 2 is 2.07 bits per heavy atom. The van der Waals surface area contributed by atoms with E-state index in [0.29, 0.717) is 13.0 Å². The fraction of sp³-hybridized carbons (Fsp3) is 0.364. The SMILES string of the molecule is O=C(O)[C@@H]1C[C@@H](c2ccccc2)CO1. The lowest BCUT2D eigenvalue weighted by atomic mass is 9.96. The van der Waals surface area contributed by atoms with Gasteiger partial charge in [-0.15, -0.1) is 0 Å². The summed E-state index contributed by atoms with van der Waals surface area (Å²) in [5, 5.41) is 8.75. The number of hydrogen-bond donors (Lipinski definition) is 1. The number of hydrogen-bond acceptors (Lipinski definition) is 2. The lowest BCUT2D eigenvalue weighted by Gasteiger charge is -2.06. The van der Waals surface area contributed by atoms with Crippen molar-refractivity contribution in [2.24, 2.45) is 0 Å². The highest BCUT2D eigenvalue weighted by atomic mass is 16.5. The average Bonchev–Trinajstić information content (AvgIpc) is 2.68. The third-order valence-electron chi connectivity index (χ3n) is 2.54. The van der Waals surface area contributed by atoms with Gasteiger partial charge in [0.2, 0.25) is 0 Å². The van der Waals surface area contributed by atoms with Crippen molar-refractivity contribution in [2.75, 3.05) is 6.61 Å². The first-order chi connectivity index (χ1) is 6.77. The van der Waals surface area contributed by atoms with Crippen LogP contribution in [0.5, 0.6) is 0 Å². The molecular formula is C11H12O3. The normalized spacial score (nSPS) is 26.3. The Labute approximate surface area is 82.3 Å². The highest BCUT2D eigenvalue weighted by Gasteiger charge is 2.31. The van der Waals surface area contributed by atoms with Crippen LogP contribution in [0, 0.1) is 0 Å². The van der Waals surface area contributed by atoms with Gasteiger partial charge in [0.1, 0.15) is 0 Å². The summed E-state index contributed by atoms with van der Waals surface area (Å²) in [6.45, 7) is 0.515. The molecule has 3 heteroatoms. The second kappa shape index (κ2) is 3.80. The predicted octanol–water partition coefficient (Wildman–Crippen LogP) is 1.64. The minimum Gasteiger partial charge on any atom is -0.479 e. The Kier molecular flexibility index (Phi) is 2.50. The van der Waals surface area contributed by atoms with Crippen molar-refractivity contribution in [2.45, 2.75) is 18.4 Å².